The third-order valence-corrected chi connectivity index (χ3v) is 3.70. The van der Waals surface area contributed by atoms with E-state index in [-0.39, 0.29) is 7.12 Å². The second kappa shape index (κ2) is 7.34. The summed E-state index contributed by atoms with van der Waals surface area (Å²) in [5.41, 5.74) is 3.46. The Morgan fingerprint density at radius 2 is 2.25 bits per heavy atom. The van der Waals surface area contributed by atoms with Crippen molar-refractivity contribution in [3.63, 3.8) is 0 Å². The highest BCUT2D eigenvalue weighted by Gasteiger charge is 2.29. The quantitative estimate of drug-likeness (QED) is 0.823. The highest BCUT2D eigenvalue weighted by molar-refractivity contribution is 6.62. The Labute approximate surface area is 141 Å². The van der Waals surface area contributed by atoms with Crippen LogP contribution in [0.15, 0.2) is 30.3 Å². The fourth-order valence-corrected chi connectivity index (χ4v) is 2.54. The lowest BCUT2D eigenvalue weighted by Crippen LogP contribution is -2.30. The monoisotopic (exact) mass is 323 g/mol. The molecule has 7 heteroatoms. The highest BCUT2D eigenvalue weighted by atomic mass is 16.6. The van der Waals surface area contributed by atoms with Gasteiger partial charge in [-0.05, 0) is 41.7 Å². The molecule has 1 aromatic carbocycles. The van der Waals surface area contributed by atoms with Crippen LogP contribution >= 0.6 is 0 Å². The zero-order valence-electron chi connectivity index (χ0n) is 13.7. The molecule has 1 aromatic heterocycles. The van der Waals surface area contributed by atoms with Crippen LogP contribution in [0.1, 0.15) is 24.5 Å². The SMILES string of the molecule is CCCOc1nc(Nc2ccc3c(c2)COB3OC)ccc1C#N. The standard InChI is InChI=1S/C17H18BN3O3/c1-3-8-23-17-12(10-19)4-7-16(21-17)20-14-5-6-15-13(9-14)11-24-18(15)22-2/h4-7,9H,3,8,11H2,1-2H3,(H,20,21). The van der Waals surface area contributed by atoms with Gasteiger partial charge >= 0.3 is 7.12 Å². The Kier molecular flexibility index (Phi) is 4.99. The number of nitriles is 1. The highest BCUT2D eigenvalue weighted by Crippen LogP contribution is 2.23. The van der Waals surface area contributed by atoms with Crippen LogP contribution in [0.4, 0.5) is 11.5 Å². The molecule has 0 unspecified atom stereocenters. The van der Waals surface area contributed by atoms with Gasteiger partial charge in [0.25, 0.3) is 0 Å². The van der Waals surface area contributed by atoms with Crippen LogP contribution in [0.5, 0.6) is 5.88 Å². The van der Waals surface area contributed by atoms with E-state index in [1.54, 1.807) is 19.2 Å². The number of ether oxygens (including phenoxy) is 1. The number of rotatable bonds is 6. The van der Waals surface area contributed by atoms with Gasteiger partial charge in [0.2, 0.25) is 5.88 Å². The molecule has 3 rings (SSSR count). The minimum absolute atomic E-state index is 0.295. The Hall–Kier alpha value is -2.56. The summed E-state index contributed by atoms with van der Waals surface area (Å²) in [4.78, 5) is 4.39. The van der Waals surface area contributed by atoms with Gasteiger partial charge in [0.15, 0.2) is 0 Å². The molecule has 2 heterocycles. The Morgan fingerprint density at radius 3 is 3.00 bits per heavy atom. The predicted molar refractivity (Wildman–Crippen MR) is 91.6 cm³/mol. The van der Waals surface area contributed by atoms with Crippen molar-refractivity contribution >= 4 is 24.1 Å². The van der Waals surface area contributed by atoms with Gasteiger partial charge in [0, 0.05) is 12.8 Å². The molecular weight excluding hydrogens is 305 g/mol. The van der Waals surface area contributed by atoms with Crippen molar-refractivity contribution in [3.8, 4) is 11.9 Å². The van der Waals surface area contributed by atoms with Gasteiger partial charge in [-0.25, -0.2) is 0 Å². The van der Waals surface area contributed by atoms with Crippen LogP contribution in [0.2, 0.25) is 0 Å². The topological polar surface area (TPSA) is 76.4 Å². The van der Waals surface area contributed by atoms with Crippen molar-refractivity contribution in [1.29, 1.82) is 5.26 Å². The Morgan fingerprint density at radius 1 is 1.38 bits per heavy atom. The van der Waals surface area contributed by atoms with Gasteiger partial charge in [-0.3, -0.25) is 0 Å². The molecule has 0 saturated heterocycles. The predicted octanol–water partition coefficient (Wildman–Crippen LogP) is 2.36. The molecule has 0 bridgehead atoms. The van der Waals surface area contributed by atoms with Crippen molar-refractivity contribution in [2.45, 2.75) is 20.0 Å². The first kappa shape index (κ1) is 16.3. The summed E-state index contributed by atoms with van der Waals surface area (Å²) in [6.45, 7) is 3.06. The minimum atomic E-state index is -0.295. The molecule has 1 aliphatic rings. The van der Waals surface area contributed by atoms with Crippen LogP contribution in [-0.2, 0) is 15.9 Å². The number of hydrogen-bond acceptors (Lipinski definition) is 6. The first-order chi connectivity index (χ1) is 11.7. The second-order valence-electron chi connectivity index (χ2n) is 5.43. The maximum Gasteiger partial charge on any atom is 0.494 e. The third-order valence-electron chi connectivity index (χ3n) is 3.70. The number of nitrogens with zero attached hydrogens (tertiary/aromatic N) is 2. The average Bonchev–Trinajstić information content (AvgIpc) is 3.02. The first-order valence-corrected chi connectivity index (χ1v) is 7.83. The summed E-state index contributed by atoms with van der Waals surface area (Å²) >= 11 is 0. The molecular formula is C17H18BN3O3. The molecule has 24 heavy (non-hydrogen) atoms. The molecule has 1 N–H and O–H groups in total. The van der Waals surface area contributed by atoms with E-state index in [0.29, 0.717) is 30.5 Å². The maximum absolute atomic E-state index is 9.14. The Bertz CT molecular complexity index is 776. The smallest absolute Gasteiger partial charge is 0.477 e. The zero-order valence-corrected chi connectivity index (χ0v) is 13.7. The van der Waals surface area contributed by atoms with Crippen LogP contribution in [-0.4, -0.2) is 25.8 Å². The van der Waals surface area contributed by atoms with E-state index < -0.39 is 0 Å². The lowest BCUT2D eigenvalue weighted by atomic mass is 9.79. The number of anilines is 2. The summed E-state index contributed by atoms with van der Waals surface area (Å²) in [7, 11) is 1.33. The number of pyridine rings is 1. The minimum Gasteiger partial charge on any atom is -0.477 e. The molecule has 0 radical (unpaired) electrons. The van der Waals surface area contributed by atoms with E-state index in [1.807, 2.05) is 25.1 Å². The largest absolute Gasteiger partial charge is 0.494 e. The van der Waals surface area contributed by atoms with Gasteiger partial charge in [-0.15, -0.1) is 0 Å². The second-order valence-corrected chi connectivity index (χ2v) is 5.43. The van der Waals surface area contributed by atoms with Gasteiger partial charge in [-0.1, -0.05) is 13.0 Å². The molecule has 0 spiro atoms. The normalized spacial score (nSPS) is 12.6. The van der Waals surface area contributed by atoms with Gasteiger partial charge < -0.3 is 19.4 Å². The lowest BCUT2D eigenvalue weighted by molar-refractivity contribution is 0.246. The molecule has 2 aromatic rings. The molecule has 1 aliphatic heterocycles. The van der Waals surface area contributed by atoms with Crippen LogP contribution in [0, 0.1) is 11.3 Å². The number of aromatic nitrogens is 1. The van der Waals surface area contributed by atoms with Crippen LogP contribution in [0.3, 0.4) is 0 Å². The van der Waals surface area contributed by atoms with E-state index >= 15 is 0 Å². The van der Waals surface area contributed by atoms with Crippen molar-refractivity contribution in [1.82, 2.24) is 4.98 Å². The molecule has 0 saturated carbocycles. The van der Waals surface area contributed by atoms with Crippen LogP contribution < -0.4 is 15.5 Å². The number of nitrogens with one attached hydrogen (secondary N) is 1. The molecule has 0 atom stereocenters. The fourth-order valence-electron chi connectivity index (χ4n) is 2.54. The van der Waals surface area contributed by atoms with Crippen molar-refractivity contribution in [2.24, 2.45) is 0 Å². The molecule has 0 fully saturated rings. The van der Waals surface area contributed by atoms with Gasteiger partial charge in [-0.2, -0.15) is 10.2 Å². The third kappa shape index (κ3) is 3.35. The van der Waals surface area contributed by atoms with Crippen molar-refractivity contribution in [2.75, 3.05) is 19.0 Å². The van der Waals surface area contributed by atoms with E-state index in [2.05, 4.69) is 16.4 Å². The number of benzene rings is 1. The molecule has 0 aliphatic carbocycles. The van der Waals surface area contributed by atoms with E-state index in [9.17, 15) is 0 Å². The molecule has 6 nitrogen and oxygen atoms in total. The summed E-state index contributed by atoms with van der Waals surface area (Å²) in [5.74, 6) is 0.982. The average molecular weight is 323 g/mol. The summed E-state index contributed by atoms with van der Waals surface area (Å²) in [5, 5.41) is 12.4. The zero-order chi connectivity index (χ0) is 16.9. The molecule has 0 amide bonds. The summed E-state index contributed by atoms with van der Waals surface area (Å²) in [6, 6.07) is 11.5. The van der Waals surface area contributed by atoms with E-state index in [1.165, 1.54) is 0 Å². The number of fused-ring (bicyclic) bond motifs is 1. The van der Waals surface area contributed by atoms with Gasteiger partial charge in [0.05, 0.1) is 13.2 Å². The van der Waals surface area contributed by atoms with Crippen LogP contribution in [0.25, 0.3) is 0 Å². The van der Waals surface area contributed by atoms with E-state index in [0.717, 1.165) is 23.1 Å². The molecule has 122 valence electrons. The maximum atomic E-state index is 9.14. The van der Waals surface area contributed by atoms with Crippen molar-refractivity contribution < 1.29 is 14.0 Å². The fraction of sp³-hybridized carbons (Fsp3) is 0.294. The van der Waals surface area contributed by atoms with Crippen molar-refractivity contribution in [3.05, 3.63) is 41.5 Å². The Balaban J connectivity index is 1.80. The number of hydrogen-bond donors (Lipinski definition) is 1. The lowest BCUT2D eigenvalue weighted by Gasteiger charge is -2.11. The van der Waals surface area contributed by atoms with Gasteiger partial charge in [0.1, 0.15) is 17.5 Å². The summed E-state index contributed by atoms with van der Waals surface area (Å²) in [6.07, 6.45) is 0.857. The first-order valence-electron chi connectivity index (χ1n) is 7.83. The summed E-state index contributed by atoms with van der Waals surface area (Å²) < 4.78 is 16.4. The van der Waals surface area contributed by atoms with E-state index in [4.69, 9.17) is 19.3 Å².